The molecule has 0 amide bonds. The summed E-state index contributed by atoms with van der Waals surface area (Å²) < 4.78 is 39.7. The summed E-state index contributed by atoms with van der Waals surface area (Å²) >= 11 is 0. The van der Waals surface area contributed by atoms with Crippen molar-refractivity contribution in [1.29, 1.82) is 0 Å². The molecule has 1 aromatic carbocycles. The molecule has 118 valence electrons. The van der Waals surface area contributed by atoms with Gasteiger partial charge in [0.05, 0.1) is 4.90 Å². The van der Waals surface area contributed by atoms with Crippen LogP contribution in [0.15, 0.2) is 29.2 Å². The summed E-state index contributed by atoms with van der Waals surface area (Å²) in [4.78, 5) is 0.0267. The lowest BCUT2D eigenvalue weighted by molar-refractivity contribution is 0.251. The second-order valence-corrected chi connectivity index (χ2v) is 7.54. The maximum absolute atomic E-state index is 13.2. The SMILES string of the molecule is CCNC1CCC(N(C)S(=O)(=O)c2cccc(F)c2)CC1. The highest BCUT2D eigenvalue weighted by molar-refractivity contribution is 7.89. The van der Waals surface area contributed by atoms with Gasteiger partial charge in [0.25, 0.3) is 0 Å². The largest absolute Gasteiger partial charge is 0.314 e. The van der Waals surface area contributed by atoms with Crippen molar-refractivity contribution in [1.82, 2.24) is 9.62 Å². The van der Waals surface area contributed by atoms with Crippen LogP contribution in [0.3, 0.4) is 0 Å². The van der Waals surface area contributed by atoms with E-state index in [4.69, 9.17) is 0 Å². The fourth-order valence-corrected chi connectivity index (χ4v) is 4.37. The Kier molecular flexibility index (Phi) is 5.35. The molecule has 4 nitrogen and oxygen atoms in total. The second kappa shape index (κ2) is 6.85. The molecular weight excluding hydrogens is 291 g/mol. The summed E-state index contributed by atoms with van der Waals surface area (Å²) in [6.07, 6.45) is 3.62. The normalized spacial score (nSPS) is 23.4. The summed E-state index contributed by atoms with van der Waals surface area (Å²) in [7, 11) is -2.02. The van der Waals surface area contributed by atoms with Crippen LogP contribution >= 0.6 is 0 Å². The molecule has 0 bridgehead atoms. The van der Waals surface area contributed by atoms with Gasteiger partial charge in [0.2, 0.25) is 10.0 Å². The maximum Gasteiger partial charge on any atom is 0.243 e. The van der Waals surface area contributed by atoms with E-state index in [1.54, 1.807) is 7.05 Å². The Labute approximate surface area is 126 Å². The summed E-state index contributed by atoms with van der Waals surface area (Å²) in [5, 5.41) is 3.40. The smallest absolute Gasteiger partial charge is 0.243 e. The van der Waals surface area contributed by atoms with E-state index in [0.717, 1.165) is 38.3 Å². The van der Waals surface area contributed by atoms with Crippen molar-refractivity contribution in [2.45, 2.75) is 49.6 Å². The molecule has 1 aliphatic carbocycles. The van der Waals surface area contributed by atoms with E-state index in [0.29, 0.717) is 6.04 Å². The van der Waals surface area contributed by atoms with Crippen molar-refractivity contribution in [3.63, 3.8) is 0 Å². The average molecular weight is 314 g/mol. The monoisotopic (exact) mass is 314 g/mol. The highest BCUT2D eigenvalue weighted by atomic mass is 32.2. The predicted molar refractivity (Wildman–Crippen MR) is 81.1 cm³/mol. The quantitative estimate of drug-likeness (QED) is 0.908. The minimum Gasteiger partial charge on any atom is -0.314 e. The first-order chi connectivity index (χ1) is 9.95. The molecule has 0 spiro atoms. The molecule has 0 atom stereocenters. The number of nitrogens with one attached hydrogen (secondary N) is 1. The standard InChI is InChI=1S/C15H23FN2O2S/c1-3-17-13-7-9-14(10-8-13)18(2)21(19,20)15-6-4-5-12(16)11-15/h4-6,11,13-14,17H,3,7-10H2,1-2H3. The third-order valence-corrected chi connectivity index (χ3v) is 6.08. The molecule has 1 aliphatic rings. The number of nitrogens with zero attached hydrogens (tertiary/aromatic N) is 1. The van der Waals surface area contributed by atoms with Crippen LogP contribution in [0, 0.1) is 5.82 Å². The van der Waals surface area contributed by atoms with Gasteiger partial charge in [0, 0.05) is 19.1 Å². The fraction of sp³-hybridized carbons (Fsp3) is 0.600. The molecule has 0 aliphatic heterocycles. The highest BCUT2D eigenvalue weighted by Crippen LogP contribution is 2.27. The Bertz CT molecular complexity index is 569. The van der Waals surface area contributed by atoms with Crippen LogP contribution in [0.4, 0.5) is 4.39 Å². The van der Waals surface area contributed by atoms with Gasteiger partial charge in [-0.2, -0.15) is 4.31 Å². The Morgan fingerprint density at radius 1 is 1.29 bits per heavy atom. The van der Waals surface area contributed by atoms with E-state index in [2.05, 4.69) is 12.2 Å². The third-order valence-electron chi connectivity index (χ3n) is 4.18. The van der Waals surface area contributed by atoms with Crippen LogP contribution < -0.4 is 5.32 Å². The van der Waals surface area contributed by atoms with E-state index in [1.165, 1.54) is 22.5 Å². The minimum absolute atomic E-state index is 0.00632. The number of hydrogen-bond acceptors (Lipinski definition) is 3. The summed E-state index contributed by atoms with van der Waals surface area (Å²) in [6, 6.07) is 5.68. The summed E-state index contributed by atoms with van der Waals surface area (Å²) in [5.74, 6) is -0.527. The molecule has 6 heteroatoms. The molecular formula is C15H23FN2O2S. The lowest BCUT2D eigenvalue weighted by Crippen LogP contribution is -2.43. The number of rotatable bonds is 5. The highest BCUT2D eigenvalue weighted by Gasteiger charge is 2.31. The first kappa shape index (κ1) is 16.4. The van der Waals surface area contributed by atoms with Crippen LogP contribution in [0.5, 0.6) is 0 Å². The zero-order chi connectivity index (χ0) is 15.5. The molecule has 1 aromatic rings. The van der Waals surface area contributed by atoms with E-state index in [-0.39, 0.29) is 10.9 Å². The summed E-state index contributed by atoms with van der Waals surface area (Å²) in [5.41, 5.74) is 0. The van der Waals surface area contributed by atoms with Gasteiger partial charge in [-0.05, 0) is 50.4 Å². The Balaban J connectivity index is 2.07. The van der Waals surface area contributed by atoms with Crippen molar-refractivity contribution in [3.05, 3.63) is 30.1 Å². The maximum atomic E-state index is 13.2. The van der Waals surface area contributed by atoms with Crippen LogP contribution in [-0.2, 0) is 10.0 Å². The molecule has 0 aromatic heterocycles. The lowest BCUT2D eigenvalue weighted by Gasteiger charge is -2.34. The van der Waals surface area contributed by atoms with Crippen molar-refractivity contribution in [3.8, 4) is 0 Å². The molecule has 0 saturated heterocycles. The Morgan fingerprint density at radius 2 is 1.95 bits per heavy atom. The van der Waals surface area contributed by atoms with Gasteiger partial charge in [-0.15, -0.1) is 0 Å². The number of benzene rings is 1. The van der Waals surface area contributed by atoms with Gasteiger partial charge >= 0.3 is 0 Å². The van der Waals surface area contributed by atoms with E-state index in [9.17, 15) is 12.8 Å². The van der Waals surface area contributed by atoms with Gasteiger partial charge in [0.1, 0.15) is 5.82 Å². The van der Waals surface area contributed by atoms with Crippen molar-refractivity contribution < 1.29 is 12.8 Å². The molecule has 2 rings (SSSR count). The van der Waals surface area contributed by atoms with Gasteiger partial charge in [-0.25, -0.2) is 12.8 Å². The molecule has 0 unspecified atom stereocenters. The van der Waals surface area contributed by atoms with Crippen molar-refractivity contribution in [2.24, 2.45) is 0 Å². The van der Waals surface area contributed by atoms with E-state index in [1.807, 2.05) is 0 Å². The molecule has 0 heterocycles. The average Bonchev–Trinajstić information content (AvgIpc) is 2.47. The zero-order valence-electron chi connectivity index (χ0n) is 12.5. The van der Waals surface area contributed by atoms with E-state index < -0.39 is 15.8 Å². The van der Waals surface area contributed by atoms with Gasteiger partial charge in [-0.1, -0.05) is 13.0 Å². The predicted octanol–water partition coefficient (Wildman–Crippen LogP) is 2.37. The summed E-state index contributed by atoms with van der Waals surface area (Å²) in [6.45, 7) is 3.01. The second-order valence-electron chi connectivity index (χ2n) is 5.54. The molecule has 0 radical (unpaired) electrons. The van der Waals surface area contributed by atoms with Crippen LogP contribution in [0.2, 0.25) is 0 Å². The minimum atomic E-state index is -3.62. The van der Waals surface area contributed by atoms with Crippen LogP contribution in [0.1, 0.15) is 32.6 Å². The molecule has 1 saturated carbocycles. The molecule has 1 fully saturated rings. The van der Waals surface area contributed by atoms with Gasteiger partial charge in [0.15, 0.2) is 0 Å². The van der Waals surface area contributed by atoms with E-state index >= 15 is 0 Å². The van der Waals surface area contributed by atoms with Crippen molar-refractivity contribution >= 4 is 10.0 Å². The van der Waals surface area contributed by atoms with Gasteiger partial charge < -0.3 is 5.32 Å². The number of halogens is 1. The first-order valence-electron chi connectivity index (χ1n) is 7.42. The Morgan fingerprint density at radius 3 is 2.52 bits per heavy atom. The van der Waals surface area contributed by atoms with Crippen molar-refractivity contribution in [2.75, 3.05) is 13.6 Å². The zero-order valence-corrected chi connectivity index (χ0v) is 13.4. The number of hydrogen-bond donors (Lipinski definition) is 1. The van der Waals surface area contributed by atoms with Crippen LogP contribution in [0.25, 0.3) is 0 Å². The fourth-order valence-electron chi connectivity index (χ4n) is 2.92. The van der Waals surface area contributed by atoms with Crippen LogP contribution in [-0.4, -0.2) is 38.4 Å². The topological polar surface area (TPSA) is 49.4 Å². The Hall–Kier alpha value is -0.980. The molecule has 1 N–H and O–H groups in total. The number of sulfonamides is 1. The lowest BCUT2D eigenvalue weighted by atomic mass is 9.91. The third kappa shape index (κ3) is 3.81. The van der Waals surface area contributed by atoms with Gasteiger partial charge in [-0.3, -0.25) is 0 Å². The molecule has 21 heavy (non-hydrogen) atoms. The first-order valence-corrected chi connectivity index (χ1v) is 8.86.